The van der Waals surface area contributed by atoms with E-state index in [2.05, 4.69) is 32.1 Å². The summed E-state index contributed by atoms with van der Waals surface area (Å²) in [6.07, 6.45) is 3.37. The maximum absolute atomic E-state index is 12.8. The molecule has 1 N–H and O–H groups in total. The molecule has 1 unspecified atom stereocenters. The number of fused-ring (bicyclic) bond motifs is 1. The quantitative estimate of drug-likeness (QED) is 0.733. The van der Waals surface area contributed by atoms with E-state index in [1.165, 1.54) is 4.57 Å². The van der Waals surface area contributed by atoms with E-state index < -0.39 is 0 Å². The Labute approximate surface area is 176 Å². The van der Waals surface area contributed by atoms with Crippen LogP contribution in [0, 0.1) is 5.92 Å². The van der Waals surface area contributed by atoms with Crippen molar-refractivity contribution in [1.82, 2.24) is 29.7 Å². The van der Waals surface area contributed by atoms with Gasteiger partial charge in [-0.1, -0.05) is 0 Å². The predicted molar refractivity (Wildman–Crippen MR) is 117 cm³/mol. The summed E-state index contributed by atoms with van der Waals surface area (Å²) < 4.78 is 1.54. The second-order valence-electron chi connectivity index (χ2n) is 8.37. The van der Waals surface area contributed by atoms with Crippen LogP contribution in [0.25, 0.3) is 11.2 Å². The molecule has 2 aromatic rings. The minimum atomic E-state index is -0.169. The average molecular weight is 414 g/mol. The van der Waals surface area contributed by atoms with Gasteiger partial charge in [0, 0.05) is 65.6 Å². The molecule has 162 valence electrons. The lowest BCUT2D eigenvalue weighted by Gasteiger charge is -2.34. The number of pyridine rings is 1. The highest BCUT2D eigenvalue weighted by Gasteiger charge is 2.28. The Bertz CT molecular complexity index is 952. The first-order valence-corrected chi connectivity index (χ1v) is 10.8. The van der Waals surface area contributed by atoms with Gasteiger partial charge in [0.25, 0.3) is 5.56 Å². The number of hydrogen-bond donors (Lipinski definition) is 1. The molecule has 4 heterocycles. The summed E-state index contributed by atoms with van der Waals surface area (Å²) in [5.41, 5.74) is 1.09. The monoisotopic (exact) mass is 413 g/mol. The molecule has 9 heteroatoms. The molecule has 2 aliphatic heterocycles. The predicted octanol–water partition coefficient (Wildman–Crippen LogP) is -0.0915. The van der Waals surface area contributed by atoms with Gasteiger partial charge in [-0.3, -0.25) is 19.1 Å². The number of piperidine rings is 1. The van der Waals surface area contributed by atoms with Gasteiger partial charge >= 0.3 is 0 Å². The van der Waals surface area contributed by atoms with Gasteiger partial charge in [0.1, 0.15) is 5.52 Å². The summed E-state index contributed by atoms with van der Waals surface area (Å²) in [5, 5.41) is 3.10. The lowest BCUT2D eigenvalue weighted by molar-refractivity contribution is -0.125. The first kappa shape index (κ1) is 20.7. The summed E-state index contributed by atoms with van der Waals surface area (Å²) in [4.78, 5) is 41.1. The zero-order valence-corrected chi connectivity index (χ0v) is 17.9. The van der Waals surface area contributed by atoms with E-state index in [-0.39, 0.29) is 17.4 Å². The number of aromatic nitrogens is 3. The fraction of sp³-hybridized carbons (Fsp3) is 0.619. The number of amides is 1. The van der Waals surface area contributed by atoms with Crippen LogP contribution in [0.3, 0.4) is 0 Å². The zero-order valence-electron chi connectivity index (χ0n) is 17.9. The van der Waals surface area contributed by atoms with E-state index in [4.69, 9.17) is 0 Å². The van der Waals surface area contributed by atoms with Gasteiger partial charge in [0.05, 0.1) is 5.92 Å². The third-order valence-electron chi connectivity index (χ3n) is 6.22. The van der Waals surface area contributed by atoms with Crippen molar-refractivity contribution in [3.8, 4) is 0 Å². The molecule has 1 amide bonds. The number of aryl methyl sites for hydroxylation is 1. The summed E-state index contributed by atoms with van der Waals surface area (Å²) >= 11 is 0. The Morgan fingerprint density at radius 2 is 2.00 bits per heavy atom. The van der Waals surface area contributed by atoms with E-state index in [9.17, 15) is 9.59 Å². The molecule has 0 radical (unpaired) electrons. The third-order valence-corrected chi connectivity index (χ3v) is 6.22. The Morgan fingerprint density at radius 3 is 2.80 bits per heavy atom. The van der Waals surface area contributed by atoms with Crippen molar-refractivity contribution in [2.75, 3.05) is 64.3 Å². The third kappa shape index (κ3) is 4.46. The highest BCUT2D eigenvalue weighted by Crippen LogP contribution is 2.21. The summed E-state index contributed by atoms with van der Waals surface area (Å²) in [6, 6.07) is 3.67. The highest BCUT2D eigenvalue weighted by molar-refractivity contribution is 5.79. The number of nitrogens with one attached hydrogen (secondary N) is 1. The topological polar surface area (TPSA) is 86.6 Å². The van der Waals surface area contributed by atoms with Crippen molar-refractivity contribution in [3.63, 3.8) is 0 Å². The molecule has 2 saturated heterocycles. The number of hydrogen-bond acceptors (Lipinski definition) is 7. The molecular formula is C21H31N7O2. The molecule has 1 atom stereocenters. The lowest BCUT2D eigenvalue weighted by Crippen LogP contribution is -2.49. The van der Waals surface area contributed by atoms with Crippen molar-refractivity contribution >= 4 is 22.9 Å². The average Bonchev–Trinajstić information content (AvgIpc) is 2.77. The molecule has 0 spiro atoms. The summed E-state index contributed by atoms with van der Waals surface area (Å²) in [6.45, 7) is 7.07. The minimum Gasteiger partial charge on any atom is -0.355 e. The van der Waals surface area contributed by atoms with Crippen molar-refractivity contribution in [3.05, 3.63) is 28.7 Å². The van der Waals surface area contributed by atoms with E-state index in [1.54, 1.807) is 13.2 Å². The number of rotatable bonds is 5. The van der Waals surface area contributed by atoms with Gasteiger partial charge in [0.2, 0.25) is 5.91 Å². The number of anilines is 1. The Balaban J connectivity index is 1.37. The molecule has 9 nitrogen and oxygen atoms in total. The van der Waals surface area contributed by atoms with Crippen LogP contribution < -0.4 is 15.8 Å². The Morgan fingerprint density at radius 1 is 1.20 bits per heavy atom. The van der Waals surface area contributed by atoms with Gasteiger partial charge in [-0.05, 0) is 32.0 Å². The lowest BCUT2D eigenvalue weighted by atomic mass is 9.97. The molecule has 2 fully saturated rings. The molecule has 2 aromatic heterocycles. The molecule has 0 aromatic carbocycles. The van der Waals surface area contributed by atoms with Crippen LogP contribution in [-0.2, 0) is 11.8 Å². The van der Waals surface area contributed by atoms with Crippen LogP contribution >= 0.6 is 0 Å². The number of carbonyl (C=O) groups excluding carboxylic acids is 1. The van der Waals surface area contributed by atoms with E-state index in [1.807, 2.05) is 17.0 Å². The highest BCUT2D eigenvalue weighted by atomic mass is 16.2. The zero-order chi connectivity index (χ0) is 21.1. The fourth-order valence-electron chi connectivity index (χ4n) is 4.28. The van der Waals surface area contributed by atoms with Crippen molar-refractivity contribution in [2.24, 2.45) is 13.0 Å². The van der Waals surface area contributed by atoms with Crippen molar-refractivity contribution in [1.29, 1.82) is 0 Å². The van der Waals surface area contributed by atoms with Gasteiger partial charge in [-0.25, -0.2) is 9.97 Å². The molecule has 30 heavy (non-hydrogen) atoms. The second kappa shape index (κ2) is 9.09. The van der Waals surface area contributed by atoms with Gasteiger partial charge < -0.3 is 15.1 Å². The normalized spacial score (nSPS) is 21.1. The summed E-state index contributed by atoms with van der Waals surface area (Å²) in [5.74, 6) is 0.364. The SMILES string of the molecule is CN1CCN(CCNC(=O)C2CCCN(c3nc4cccnc4n(C)c3=O)C2)CC1. The van der Waals surface area contributed by atoms with Crippen LogP contribution in [0.5, 0.6) is 0 Å². The maximum atomic E-state index is 12.8. The van der Waals surface area contributed by atoms with Crippen molar-refractivity contribution in [2.45, 2.75) is 12.8 Å². The van der Waals surface area contributed by atoms with Gasteiger partial charge in [-0.15, -0.1) is 0 Å². The van der Waals surface area contributed by atoms with Gasteiger partial charge in [-0.2, -0.15) is 0 Å². The number of likely N-dealkylation sites (N-methyl/N-ethyl adjacent to an activating group) is 1. The molecule has 0 saturated carbocycles. The fourth-order valence-corrected chi connectivity index (χ4v) is 4.28. The first-order valence-electron chi connectivity index (χ1n) is 10.8. The minimum absolute atomic E-state index is 0.0770. The maximum Gasteiger partial charge on any atom is 0.294 e. The summed E-state index contributed by atoms with van der Waals surface area (Å²) in [7, 11) is 3.86. The Kier molecular flexibility index (Phi) is 6.29. The number of nitrogens with zero attached hydrogens (tertiary/aromatic N) is 6. The van der Waals surface area contributed by atoms with Gasteiger partial charge in [0.15, 0.2) is 11.5 Å². The molecule has 2 aliphatic rings. The Hall–Kier alpha value is -2.52. The van der Waals surface area contributed by atoms with Crippen LogP contribution in [0.1, 0.15) is 12.8 Å². The largest absolute Gasteiger partial charge is 0.355 e. The molecule has 0 aliphatic carbocycles. The second-order valence-corrected chi connectivity index (χ2v) is 8.37. The van der Waals surface area contributed by atoms with Crippen LogP contribution in [0.2, 0.25) is 0 Å². The standard InChI is InChI=1S/C21H31N7O2/c1-25-11-13-27(14-12-25)10-8-23-20(29)16-5-4-9-28(15-16)19-21(30)26(2)18-17(24-19)6-3-7-22-18/h3,6-7,16H,4-5,8-15H2,1-2H3,(H,23,29). The van der Waals surface area contributed by atoms with E-state index in [0.717, 1.165) is 52.1 Å². The van der Waals surface area contributed by atoms with E-state index >= 15 is 0 Å². The molecule has 0 bridgehead atoms. The molecular weight excluding hydrogens is 382 g/mol. The molecule has 4 rings (SSSR count). The van der Waals surface area contributed by atoms with Crippen LogP contribution in [-0.4, -0.2) is 89.6 Å². The van der Waals surface area contributed by atoms with Crippen molar-refractivity contribution < 1.29 is 4.79 Å². The smallest absolute Gasteiger partial charge is 0.294 e. The van der Waals surface area contributed by atoms with Crippen LogP contribution in [0.15, 0.2) is 23.1 Å². The van der Waals surface area contributed by atoms with Crippen LogP contribution in [0.4, 0.5) is 5.82 Å². The first-order chi connectivity index (χ1) is 14.5. The van der Waals surface area contributed by atoms with E-state index in [0.29, 0.717) is 30.1 Å². The number of piperazine rings is 1. The number of carbonyl (C=O) groups is 1.